The molecule has 2 rings (SSSR count). The van der Waals surface area contributed by atoms with Crippen molar-refractivity contribution in [1.29, 1.82) is 0 Å². The molecule has 0 radical (unpaired) electrons. The van der Waals surface area contributed by atoms with Crippen LogP contribution < -0.4 is 0 Å². The van der Waals surface area contributed by atoms with E-state index in [1.807, 2.05) is 0 Å². The molecular weight excluding hydrogens is 312 g/mol. The van der Waals surface area contributed by atoms with Crippen LogP contribution in [0.1, 0.15) is 64.2 Å². The SMILES string of the molecule is O=C1OCCCC1CCC(O)CCC(O)CCC1CCCOC1=O. The van der Waals surface area contributed by atoms with E-state index in [-0.39, 0.29) is 23.8 Å². The molecule has 2 heterocycles. The number of carbonyl (C=O) groups is 2. The van der Waals surface area contributed by atoms with Crippen LogP contribution in [0.25, 0.3) is 0 Å². The summed E-state index contributed by atoms with van der Waals surface area (Å²) >= 11 is 0. The Morgan fingerprint density at radius 1 is 0.792 bits per heavy atom. The van der Waals surface area contributed by atoms with Crippen LogP contribution in [0.15, 0.2) is 0 Å². The van der Waals surface area contributed by atoms with Crippen molar-refractivity contribution in [3.63, 3.8) is 0 Å². The predicted octanol–water partition coefficient (Wildman–Crippen LogP) is 1.96. The Hall–Kier alpha value is -1.14. The van der Waals surface area contributed by atoms with Crippen molar-refractivity contribution in [3.8, 4) is 0 Å². The van der Waals surface area contributed by atoms with Crippen molar-refractivity contribution in [2.45, 2.75) is 76.4 Å². The number of aliphatic hydroxyl groups is 2. The van der Waals surface area contributed by atoms with E-state index >= 15 is 0 Å². The number of aliphatic hydroxyl groups excluding tert-OH is 2. The van der Waals surface area contributed by atoms with Gasteiger partial charge in [-0.15, -0.1) is 0 Å². The lowest BCUT2D eigenvalue weighted by Gasteiger charge is -2.23. The van der Waals surface area contributed by atoms with Crippen molar-refractivity contribution in [2.75, 3.05) is 13.2 Å². The van der Waals surface area contributed by atoms with E-state index in [0.717, 1.165) is 25.7 Å². The van der Waals surface area contributed by atoms with Gasteiger partial charge in [-0.05, 0) is 64.2 Å². The van der Waals surface area contributed by atoms with Gasteiger partial charge in [0.1, 0.15) is 0 Å². The van der Waals surface area contributed by atoms with Crippen molar-refractivity contribution < 1.29 is 29.3 Å². The summed E-state index contributed by atoms with van der Waals surface area (Å²) in [5, 5.41) is 20.1. The third-order valence-corrected chi connectivity index (χ3v) is 5.08. The molecule has 6 nitrogen and oxygen atoms in total. The molecule has 0 spiro atoms. The highest BCUT2D eigenvalue weighted by Gasteiger charge is 2.26. The average Bonchev–Trinajstić information content (AvgIpc) is 2.58. The van der Waals surface area contributed by atoms with E-state index in [2.05, 4.69) is 0 Å². The van der Waals surface area contributed by atoms with Gasteiger partial charge in [-0.3, -0.25) is 9.59 Å². The maximum absolute atomic E-state index is 11.6. The minimum atomic E-state index is -0.506. The minimum absolute atomic E-state index is 0.0874. The third kappa shape index (κ3) is 6.40. The number of rotatable bonds is 9. The van der Waals surface area contributed by atoms with Crippen molar-refractivity contribution in [3.05, 3.63) is 0 Å². The summed E-state index contributed by atoms with van der Waals surface area (Å²) in [7, 11) is 0. The number of hydrogen-bond donors (Lipinski definition) is 2. The van der Waals surface area contributed by atoms with Crippen LogP contribution in [0.4, 0.5) is 0 Å². The molecule has 4 unspecified atom stereocenters. The molecule has 0 aromatic carbocycles. The molecule has 0 saturated carbocycles. The summed E-state index contributed by atoms with van der Waals surface area (Å²) in [6.07, 6.45) is 5.89. The van der Waals surface area contributed by atoms with Crippen LogP contribution in [0.5, 0.6) is 0 Å². The van der Waals surface area contributed by atoms with Crippen molar-refractivity contribution >= 4 is 11.9 Å². The van der Waals surface area contributed by atoms with E-state index in [9.17, 15) is 19.8 Å². The Morgan fingerprint density at radius 3 is 1.58 bits per heavy atom. The van der Waals surface area contributed by atoms with Gasteiger partial charge in [0.25, 0.3) is 0 Å². The predicted molar refractivity (Wildman–Crippen MR) is 87.1 cm³/mol. The van der Waals surface area contributed by atoms with Gasteiger partial charge in [-0.25, -0.2) is 0 Å². The number of carbonyl (C=O) groups excluding carboxylic acids is 2. The number of cyclic esters (lactones) is 2. The van der Waals surface area contributed by atoms with E-state index < -0.39 is 12.2 Å². The van der Waals surface area contributed by atoms with Crippen LogP contribution in [0.2, 0.25) is 0 Å². The topological polar surface area (TPSA) is 93.1 Å². The molecule has 2 N–H and O–H groups in total. The summed E-state index contributed by atoms with van der Waals surface area (Å²) in [4.78, 5) is 23.1. The molecule has 0 aromatic rings. The Bertz CT molecular complexity index is 372. The first-order valence-corrected chi connectivity index (χ1v) is 9.25. The van der Waals surface area contributed by atoms with Gasteiger partial charge in [-0.1, -0.05) is 0 Å². The highest BCUT2D eigenvalue weighted by Crippen LogP contribution is 2.24. The molecule has 24 heavy (non-hydrogen) atoms. The fourth-order valence-electron chi connectivity index (χ4n) is 3.46. The smallest absolute Gasteiger partial charge is 0.308 e. The summed E-state index contributed by atoms with van der Waals surface area (Å²) in [6.45, 7) is 1.03. The number of ether oxygens (including phenoxy) is 2. The maximum atomic E-state index is 11.6. The minimum Gasteiger partial charge on any atom is -0.465 e. The van der Waals surface area contributed by atoms with Gasteiger partial charge in [0.2, 0.25) is 0 Å². The Morgan fingerprint density at radius 2 is 1.21 bits per heavy atom. The van der Waals surface area contributed by atoms with Gasteiger partial charge in [0.05, 0.1) is 37.3 Å². The fraction of sp³-hybridized carbons (Fsp3) is 0.889. The molecule has 2 saturated heterocycles. The highest BCUT2D eigenvalue weighted by atomic mass is 16.5. The van der Waals surface area contributed by atoms with Crippen LogP contribution in [-0.2, 0) is 19.1 Å². The highest BCUT2D eigenvalue weighted by molar-refractivity contribution is 5.73. The second-order valence-corrected chi connectivity index (χ2v) is 7.05. The maximum Gasteiger partial charge on any atom is 0.308 e. The zero-order valence-corrected chi connectivity index (χ0v) is 14.3. The lowest BCUT2D eigenvalue weighted by Crippen LogP contribution is -2.26. The van der Waals surface area contributed by atoms with E-state index in [0.29, 0.717) is 51.7 Å². The largest absolute Gasteiger partial charge is 0.465 e. The average molecular weight is 342 g/mol. The normalized spacial score (nSPS) is 27.2. The first kappa shape index (κ1) is 19.2. The van der Waals surface area contributed by atoms with Crippen LogP contribution in [0.3, 0.4) is 0 Å². The summed E-state index contributed by atoms with van der Waals surface area (Å²) in [5.41, 5.74) is 0. The standard InChI is InChI=1S/C18H30O6/c19-15(7-5-13-3-1-11-23-17(13)21)9-10-16(20)8-6-14-4-2-12-24-18(14)22/h13-16,19-20H,1-12H2. The second-order valence-electron chi connectivity index (χ2n) is 7.05. The monoisotopic (exact) mass is 342 g/mol. The van der Waals surface area contributed by atoms with Crippen molar-refractivity contribution in [1.82, 2.24) is 0 Å². The van der Waals surface area contributed by atoms with Crippen LogP contribution in [-0.4, -0.2) is 47.6 Å². The lowest BCUT2D eigenvalue weighted by atomic mass is 9.91. The fourth-order valence-corrected chi connectivity index (χ4v) is 3.46. The molecule has 0 amide bonds. The molecule has 0 aromatic heterocycles. The molecular formula is C18H30O6. The van der Waals surface area contributed by atoms with Gasteiger partial charge in [0.15, 0.2) is 0 Å². The van der Waals surface area contributed by atoms with Crippen LogP contribution in [0, 0.1) is 11.8 Å². The molecule has 0 aliphatic carbocycles. The Kier molecular flexibility index (Phi) is 7.99. The molecule has 6 heteroatoms. The van der Waals surface area contributed by atoms with Gasteiger partial charge < -0.3 is 19.7 Å². The van der Waals surface area contributed by atoms with Crippen LogP contribution >= 0.6 is 0 Å². The summed E-state index contributed by atoms with van der Waals surface area (Å²) < 4.78 is 10.0. The van der Waals surface area contributed by atoms with Gasteiger partial charge in [0, 0.05) is 0 Å². The Balaban J connectivity index is 1.56. The number of hydrogen-bond acceptors (Lipinski definition) is 6. The molecule has 2 fully saturated rings. The van der Waals surface area contributed by atoms with Gasteiger partial charge in [-0.2, -0.15) is 0 Å². The summed E-state index contributed by atoms with van der Waals surface area (Å²) in [5.74, 6) is -0.466. The molecule has 138 valence electrons. The molecule has 2 aliphatic heterocycles. The zero-order valence-electron chi connectivity index (χ0n) is 14.3. The van der Waals surface area contributed by atoms with E-state index in [4.69, 9.17) is 9.47 Å². The van der Waals surface area contributed by atoms with E-state index in [1.165, 1.54) is 0 Å². The molecule has 0 bridgehead atoms. The lowest BCUT2D eigenvalue weighted by molar-refractivity contribution is -0.154. The molecule has 2 aliphatic rings. The van der Waals surface area contributed by atoms with E-state index in [1.54, 1.807) is 0 Å². The van der Waals surface area contributed by atoms with Gasteiger partial charge >= 0.3 is 11.9 Å². The first-order valence-electron chi connectivity index (χ1n) is 9.25. The molecule has 4 atom stereocenters. The first-order chi connectivity index (χ1) is 11.6. The number of esters is 2. The second kappa shape index (κ2) is 9.99. The Labute approximate surface area is 143 Å². The third-order valence-electron chi connectivity index (χ3n) is 5.08. The zero-order chi connectivity index (χ0) is 17.4. The van der Waals surface area contributed by atoms with Crippen molar-refractivity contribution in [2.24, 2.45) is 11.8 Å². The summed E-state index contributed by atoms with van der Waals surface area (Å²) in [6, 6.07) is 0. The quantitative estimate of drug-likeness (QED) is 0.622.